The van der Waals surface area contributed by atoms with E-state index in [0.717, 1.165) is 37.4 Å². The lowest BCUT2D eigenvalue weighted by Crippen LogP contribution is -2.44. The van der Waals surface area contributed by atoms with Crippen LogP contribution in [0.4, 0.5) is 31.1 Å². The van der Waals surface area contributed by atoms with E-state index in [4.69, 9.17) is 26.1 Å². The first-order valence-electron chi connectivity index (χ1n) is 14.4. The zero-order valence-electron chi connectivity index (χ0n) is 25.7. The summed E-state index contributed by atoms with van der Waals surface area (Å²) < 4.78 is 99.3. The minimum atomic E-state index is -5.18. The Bertz CT molecular complexity index is 2030. The fourth-order valence-electron chi connectivity index (χ4n) is 4.76. The fourth-order valence-corrected chi connectivity index (χ4v) is 4.95. The fraction of sp³-hybridized carbons (Fsp3) is 0.235. The summed E-state index contributed by atoms with van der Waals surface area (Å²) in [5.74, 6) is -5.30. The average Bonchev–Trinajstić information content (AvgIpc) is 3.05. The molecule has 0 saturated heterocycles. The van der Waals surface area contributed by atoms with Crippen LogP contribution >= 0.6 is 12.2 Å². The molecular weight excluding hydrogens is 698 g/mol. The molecule has 1 aliphatic rings. The van der Waals surface area contributed by atoms with Crippen molar-refractivity contribution in [1.82, 2.24) is 0 Å². The maximum Gasteiger partial charge on any atom is 0.516 e. The first-order chi connectivity index (χ1) is 23.5. The number of hydrogen-bond donors (Lipinski definition) is 2. The van der Waals surface area contributed by atoms with Gasteiger partial charge in [-0.3, -0.25) is 9.59 Å². The number of hydrogen-bond acceptors (Lipinski definition) is 10. The highest BCUT2D eigenvalue weighted by Crippen LogP contribution is 2.38. The zero-order valence-corrected chi connectivity index (χ0v) is 26.5. The number of allylic oxidation sites excluding steroid dienone is 2. The number of ether oxygens (including phenoxy) is 3. The Morgan fingerprint density at radius 2 is 1.82 bits per heavy atom. The average molecular weight is 725 g/mol. The molecule has 0 fully saturated rings. The van der Waals surface area contributed by atoms with Gasteiger partial charge in [-0.25, -0.2) is 4.79 Å². The number of phenols is 1. The number of aliphatic hydroxyl groups is 1. The lowest BCUT2D eigenvalue weighted by Gasteiger charge is -2.22. The van der Waals surface area contributed by atoms with Gasteiger partial charge < -0.3 is 28.8 Å². The summed E-state index contributed by atoms with van der Waals surface area (Å²) in [6, 6.07) is 6.50. The van der Waals surface area contributed by atoms with Crippen molar-refractivity contribution in [3.05, 3.63) is 110 Å². The lowest BCUT2D eigenvalue weighted by atomic mass is 9.88. The molecule has 16 heteroatoms. The van der Waals surface area contributed by atoms with Gasteiger partial charge in [-0.1, -0.05) is 54.7 Å². The molecule has 2 N–H and O–H groups in total. The lowest BCUT2D eigenvalue weighted by molar-refractivity contribution is -0.137. The second-order valence-corrected chi connectivity index (χ2v) is 11.1. The predicted molar refractivity (Wildman–Crippen MR) is 169 cm³/mol. The maximum atomic E-state index is 13.8. The largest absolute Gasteiger partial charge is 0.516 e. The number of phenolic OH excluding ortho intramolecular Hbond substituents is 1. The van der Waals surface area contributed by atoms with Gasteiger partial charge in [0.15, 0.2) is 5.43 Å². The molecule has 1 aliphatic carbocycles. The van der Waals surface area contributed by atoms with Gasteiger partial charge >= 0.3 is 24.5 Å². The Balaban J connectivity index is 1.64. The number of ketones is 1. The van der Waals surface area contributed by atoms with E-state index in [9.17, 15) is 50.9 Å². The van der Waals surface area contributed by atoms with Crippen LogP contribution in [0.5, 0.6) is 17.4 Å². The normalized spacial score (nSPS) is 14.4. The summed E-state index contributed by atoms with van der Waals surface area (Å²) in [5, 5.41) is 21.3. The third-order valence-electron chi connectivity index (χ3n) is 7.14. The van der Waals surface area contributed by atoms with Crippen molar-refractivity contribution in [2.24, 2.45) is 0 Å². The van der Waals surface area contributed by atoms with Crippen LogP contribution in [0.2, 0.25) is 0 Å². The Labute approximate surface area is 284 Å². The number of benzene rings is 2. The highest BCUT2D eigenvalue weighted by molar-refractivity contribution is 7.81. The smallest absolute Gasteiger partial charge is 0.507 e. The Morgan fingerprint density at radius 1 is 1.08 bits per heavy atom. The summed E-state index contributed by atoms with van der Waals surface area (Å²) in [5.41, 5.74) is -3.43. The Hall–Kier alpha value is -5.22. The number of thiocarbonyl (C=S) groups is 1. The SMILES string of the molecule is COC(=O)Oc1oc2c(c(=O)c1[C@H](/C=C/C=C\CCOc1ccc(C(=O)C(F)(F)F)c(O)c1)[C@@H](O)c1cccc(C(F)(F)F)c1)=CCC(=S)C=2. The number of carbonyl (C=O) groups is 2. The van der Waals surface area contributed by atoms with Crippen molar-refractivity contribution in [2.45, 2.75) is 37.2 Å². The van der Waals surface area contributed by atoms with E-state index in [0.29, 0.717) is 10.9 Å². The van der Waals surface area contributed by atoms with Crippen LogP contribution in [0, 0.1) is 0 Å². The van der Waals surface area contributed by atoms with Crippen LogP contribution in [-0.4, -0.2) is 46.9 Å². The standard InChI is InChI=1S/C34H26F6O9S/c1-46-32(45)49-31-27(29(43)23-13-11-21(50)17-26(23)48-31)24(28(42)18-7-6-8-19(15-18)33(35,36)37)9-4-2-3-5-14-47-20-10-12-22(25(41)16-20)30(44)34(38,39)40/h2-4,6-10,12-13,15-17,24,28,41-42H,5,11,14H2,1H3/b3-2-,9-4+/t24-,28-/m0/s1. The first kappa shape index (κ1) is 37.6. The molecule has 2 atom stereocenters. The monoisotopic (exact) mass is 724 g/mol. The summed E-state index contributed by atoms with van der Waals surface area (Å²) in [7, 11) is 0.990. The molecule has 0 unspecified atom stereocenters. The van der Waals surface area contributed by atoms with E-state index in [1.807, 2.05) is 0 Å². The van der Waals surface area contributed by atoms with Crippen molar-refractivity contribution in [3.8, 4) is 17.4 Å². The van der Waals surface area contributed by atoms with Crippen LogP contribution < -0.4 is 25.5 Å². The second-order valence-electron chi connectivity index (χ2n) is 10.5. The molecule has 1 heterocycles. The van der Waals surface area contributed by atoms with Crippen molar-refractivity contribution in [3.63, 3.8) is 0 Å². The minimum absolute atomic E-state index is 0.0231. The number of rotatable bonds is 11. The van der Waals surface area contributed by atoms with Crippen molar-refractivity contribution >= 4 is 41.2 Å². The van der Waals surface area contributed by atoms with E-state index in [1.54, 1.807) is 0 Å². The number of carbonyl (C=O) groups excluding carboxylic acids is 2. The highest BCUT2D eigenvalue weighted by Gasteiger charge is 2.40. The van der Waals surface area contributed by atoms with E-state index in [1.165, 1.54) is 42.5 Å². The molecule has 2 aromatic carbocycles. The summed E-state index contributed by atoms with van der Waals surface area (Å²) >= 11 is 5.17. The maximum absolute atomic E-state index is 13.8. The molecule has 1 aromatic heterocycles. The highest BCUT2D eigenvalue weighted by atomic mass is 32.1. The van der Waals surface area contributed by atoms with Crippen LogP contribution in [0.25, 0.3) is 12.2 Å². The summed E-state index contributed by atoms with van der Waals surface area (Å²) in [4.78, 5) is 37.7. The Morgan fingerprint density at radius 3 is 2.48 bits per heavy atom. The van der Waals surface area contributed by atoms with Gasteiger partial charge in [-0.2, -0.15) is 26.3 Å². The van der Waals surface area contributed by atoms with Gasteiger partial charge in [-0.05, 0) is 42.3 Å². The van der Waals surface area contributed by atoms with Crippen molar-refractivity contribution in [2.75, 3.05) is 13.7 Å². The van der Waals surface area contributed by atoms with Gasteiger partial charge in [0, 0.05) is 23.3 Å². The molecule has 4 rings (SSSR count). The molecular formula is C34H26F6O9S. The number of fused-ring (bicyclic) bond motifs is 1. The van der Waals surface area contributed by atoms with Gasteiger partial charge in [0.05, 0.1) is 41.7 Å². The number of Topliss-reactive ketones (excluding diaryl/α,β-unsaturated/α-hetero) is 1. The van der Waals surface area contributed by atoms with Crippen LogP contribution in [-0.2, 0) is 10.9 Å². The zero-order chi connectivity index (χ0) is 36.8. The molecule has 0 radical (unpaired) electrons. The van der Waals surface area contributed by atoms with Crippen LogP contribution in [0.3, 0.4) is 0 Å². The van der Waals surface area contributed by atoms with Gasteiger partial charge in [0.2, 0.25) is 0 Å². The van der Waals surface area contributed by atoms with E-state index in [-0.39, 0.29) is 41.4 Å². The molecule has 264 valence electrons. The van der Waals surface area contributed by atoms with Crippen LogP contribution in [0.1, 0.15) is 51.9 Å². The number of methoxy groups -OCH3 is 1. The molecule has 9 nitrogen and oxygen atoms in total. The molecule has 0 amide bonds. The summed E-state index contributed by atoms with van der Waals surface area (Å²) in [6.07, 6.45) is -4.20. The van der Waals surface area contributed by atoms with Gasteiger partial charge in [-0.15, -0.1) is 0 Å². The molecule has 0 bridgehead atoms. The van der Waals surface area contributed by atoms with Crippen molar-refractivity contribution in [1.29, 1.82) is 0 Å². The molecule has 0 saturated carbocycles. The number of aliphatic hydroxyl groups excluding tert-OH is 1. The molecule has 0 aliphatic heterocycles. The third-order valence-corrected chi connectivity index (χ3v) is 7.42. The number of halogens is 6. The predicted octanol–water partition coefficient (Wildman–Crippen LogP) is 5.99. The Kier molecular flexibility index (Phi) is 11.7. The summed E-state index contributed by atoms with van der Waals surface area (Å²) in [6.45, 7) is -0.0492. The van der Waals surface area contributed by atoms with E-state index < -0.39 is 70.1 Å². The second kappa shape index (κ2) is 15.6. The topological polar surface area (TPSA) is 133 Å². The van der Waals surface area contributed by atoms with E-state index in [2.05, 4.69) is 4.74 Å². The number of aromatic hydroxyl groups is 1. The van der Waals surface area contributed by atoms with Gasteiger partial charge in [0.1, 0.15) is 16.9 Å². The first-order valence-corrected chi connectivity index (χ1v) is 14.9. The number of alkyl halides is 6. The third kappa shape index (κ3) is 9.06. The van der Waals surface area contributed by atoms with Crippen LogP contribution in [0.15, 0.2) is 76.0 Å². The molecule has 50 heavy (non-hydrogen) atoms. The minimum Gasteiger partial charge on any atom is -0.507 e. The molecule has 3 aromatic rings. The molecule has 0 spiro atoms. The van der Waals surface area contributed by atoms with E-state index >= 15 is 0 Å². The quantitative estimate of drug-likeness (QED) is 0.0608. The van der Waals surface area contributed by atoms with Crippen molar-refractivity contribution < 1.29 is 64.8 Å². The van der Waals surface area contributed by atoms with Gasteiger partial charge in [0.25, 0.3) is 5.78 Å².